The number of hydrogen-bond donors (Lipinski definition) is 1. The molecule has 4 nitrogen and oxygen atoms in total. The standard InChI is InChI=1S/C11H13N3O/c1-3-9-5-4-6-10(7-9)14-8(2)12-13-11(14)15/h4-7H,3H2,1-2H3,(H,13,15). The number of aryl methyl sites for hydroxylation is 2. The van der Waals surface area contributed by atoms with Gasteiger partial charge in [0.1, 0.15) is 5.82 Å². The fourth-order valence-corrected chi connectivity index (χ4v) is 1.60. The van der Waals surface area contributed by atoms with Gasteiger partial charge in [-0.2, -0.15) is 5.10 Å². The van der Waals surface area contributed by atoms with Crippen LogP contribution < -0.4 is 5.69 Å². The van der Waals surface area contributed by atoms with Gasteiger partial charge in [0.15, 0.2) is 0 Å². The van der Waals surface area contributed by atoms with Crippen molar-refractivity contribution in [3.63, 3.8) is 0 Å². The van der Waals surface area contributed by atoms with E-state index >= 15 is 0 Å². The van der Waals surface area contributed by atoms with Crippen LogP contribution in [0.1, 0.15) is 18.3 Å². The molecule has 0 atom stereocenters. The molecule has 1 heterocycles. The zero-order valence-corrected chi connectivity index (χ0v) is 8.82. The van der Waals surface area contributed by atoms with Crippen LogP contribution in [0.2, 0.25) is 0 Å². The van der Waals surface area contributed by atoms with E-state index in [9.17, 15) is 4.79 Å². The van der Waals surface area contributed by atoms with Crippen molar-refractivity contribution < 1.29 is 0 Å². The summed E-state index contributed by atoms with van der Waals surface area (Å²) in [6.45, 7) is 3.89. The molecule has 0 bridgehead atoms. The molecule has 2 aromatic rings. The van der Waals surface area contributed by atoms with Crippen LogP contribution in [0.5, 0.6) is 0 Å². The first-order valence-corrected chi connectivity index (χ1v) is 4.95. The fourth-order valence-electron chi connectivity index (χ4n) is 1.60. The summed E-state index contributed by atoms with van der Waals surface area (Å²) >= 11 is 0. The van der Waals surface area contributed by atoms with Crippen LogP contribution in [0.15, 0.2) is 29.1 Å². The molecule has 1 N–H and O–H groups in total. The summed E-state index contributed by atoms with van der Waals surface area (Å²) in [6, 6.07) is 7.91. The van der Waals surface area contributed by atoms with Gasteiger partial charge in [0.05, 0.1) is 5.69 Å². The number of rotatable bonds is 2. The fraction of sp³-hybridized carbons (Fsp3) is 0.273. The number of benzene rings is 1. The van der Waals surface area contributed by atoms with Gasteiger partial charge >= 0.3 is 5.69 Å². The number of nitrogens with zero attached hydrogens (tertiary/aromatic N) is 2. The Morgan fingerprint density at radius 3 is 2.87 bits per heavy atom. The molecule has 0 spiro atoms. The highest BCUT2D eigenvalue weighted by Crippen LogP contribution is 2.10. The molecule has 0 aliphatic rings. The summed E-state index contributed by atoms with van der Waals surface area (Å²) in [4.78, 5) is 11.5. The molecule has 0 aliphatic carbocycles. The lowest BCUT2D eigenvalue weighted by molar-refractivity contribution is 0.938. The SMILES string of the molecule is CCc1cccc(-n2c(C)n[nH]c2=O)c1. The van der Waals surface area contributed by atoms with Crippen molar-refractivity contribution in [3.05, 3.63) is 46.1 Å². The Bertz CT molecular complexity index is 525. The minimum atomic E-state index is -0.194. The van der Waals surface area contributed by atoms with Gasteiger partial charge in [-0.1, -0.05) is 19.1 Å². The molecule has 0 radical (unpaired) electrons. The summed E-state index contributed by atoms with van der Waals surface area (Å²) in [5.41, 5.74) is 1.88. The third-order valence-electron chi connectivity index (χ3n) is 2.42. The van der Waals surface area contributed by atoms with Crippen LogP contribution in [0.3, 0.4) is 0 Å². The van der Waals surface area contributed by atoms with Crippen LogP contribution in [-0.2, 0) is 6.42 Å². The molecule has 0 fully saturated rings. The Balaban J connectivity index is 2.59. The molecule has 2 rings (SSSR count). The van der Waals surface area contributed by atoms with E-state index < -0.39 is 0 Å². The van der Waals surface area contributed by atoms with Crippen molar-refractivity contribution in [1.29, 1.82) is 0 Å². The monoisotopic (exact) mass is 203 g/mol. The minimum absolute atomic E-state index is 0.194. The maximum Gasteiger partial charge on any atom is 0.347 e. The number of hydrogen-bond acceptors (Lipinski definition) is 2. The van der Waals surface area contributed by atoms with Crippen molar-refractivity contribution in [1.82, 2.24) is 14.8 Å². The second kappa shape index (κ2) is 3.73. The van der Waals surface area contributed by atoms with E-state index in [1.807, 2.05) is 24.3 Å². The van der Waals surface area contributed by atoms with Gasteiger partial charge in [0.25, 0.3) is 0 Å². The Morgan fingerprint density at radius 1 is 1.47 bits per heavy atom. The molecule has 0 saturated heterocycles. The molecule has 1 aromatic heterocycles. The molecule has 0 aliphatic heterocycles. The molecule has 1 aromatic carbocycles. The van der Waals surface area contributed by atoms with Gasteiger partial charge in [-0.15, -0.1) is 0 Å². The molecule has 0 saturated carbocycles. The van der Waals surface area contributed by atoms with E-state index in [0.29, 0.717) is 5.82 Å². The molecular formula is C11H13N3O. The summed E-state index contributed by atoms with van der Waals surface area (Å²) in [6.07, 6.45) is 0.958. The van der Waals surface area contributed by atoms with Crippen molar-refractivity contribution in [2.75, 3.05) is 0 Å². The zero-order valence-electron chi connectivity index (χ0n) is 8.82. The van der Waals surface area contributed by atoms with Crippen molar-refractivity contribution in [3.8, 4) is 5.69 Å². The Morgan fingerprint density at radius 2 is 2.27 bits per heavy atom. The largest absolute Gasteiger partial charge is 0.347 e. The first kappa shape index (κ1) is 9.71. The summed E-state index contributed by atoms with van der Waals surface area (Å²) in [7, 11) is 0. The van der Waals surface area contributed by atoms with Gasteiger partial charge in [0.2, 0.25) is 0 Å². The summed E-state index contributed by atoms with van der Waals surface area (Å²) in [5.74, 6) is 0.674. The molecule has 0 amide bonds. The average molecular weight is 203 g/mol. The summed E-state index contributed by atoms with van der Waals surface area (Å²) < 4.78 is 1.57. The normalized spacial score (nSPS) is 10.5. The van der Waals surface area contributed by atoms with Crippen LogP contribution >= 0.6 is 0 Å². The molecular weight excluding hydrogens is 190 g/mol. The predicted molar refractivity (Wildman–Crippen MR) is 58.3 cm³/mol. The topological polar surface area (TPSA) is 50.7 Å². The smallest absolute Gasteiger partial charge is 0.247 e. The third-order valence-corrected chi connectivity index (χ3v) is 2.42. The lowest BCUT2D eigenvalue weighted by atomic mass is 10.1. The van der Waals surface area contributed by atoms with E-state index in [4.69, 9.17) is 0 Å². The highest BCUT2D eigenvalue weighted by atomic mass is 16.1. The summed E-state index contributed by atoms with van der Waals surface area (Å²) in [5, 5.41) is 6.30. The van der Waals surface area contributed by atoms with Crippen LogP contribution in [0.25, 0.3) is 5.69 Å². The van der Waals surface area contributed by atoms with E-state index in [2.05, 4.69) is 17.1 Å². The van der Waals surface area contributed by atoms with Gasteiger partial charge in [0, 0.05) is 0 Å². The van der Waals surface area contributed by atoms with Crippen molar-refractivity contribution >= 4 is 0 Å². The van der Waals surface area contributed by atoms with E-state index in [1.54, 1.807) is 11.5 Å². The number of aromatic amines is 1. The lowest BCUT2D eigenvalue weighted by Crippen LogP contribution is -2.15. The maximum atomic E-state index is 11.5. The Hall–Kier alpha value is -1.84. The maximum absolute atomic E-state index is 11.5. The minimum Gasteiger partial charge on any atom is -0.247 e. The van der Waals surface area contributed by atoms with Crippen molar-refractivity contribution in [2.45, 2.75) is 20.3 Å². The average Bonchev–Trinajstić information content (AvgIpc) is 2.59. The molecule has 0 unspecified atom stereocenters. The highest BCUT2D eigenvalue weighted by Gasteiger charge is 2.05. The first-order valence-electron chi connectivity index (χ1n) is 4.95. The zero-order chi connectivity index (χ0) is 10.8. The third kappa shape index (κ3) is 1.70. The van der Waals surface area contributed by atoms with Gasteiger partial charge in [-0.3, -0.25) is 0 Å². The second-order valence-electron chi connectivity index (χ2n) is 3.43. The van der Waals surface area contributed by atoms with Crippen LogP contribution in [0, 0.1) is 6.92 Å². The Kier molecular flexibility index (Phi) is 2.41. The van der Waals surface area contributed by atoms with Crippen molar-refractivity contribution in [2.24, 2.45) is 0 Å². The number of nitrogens with one attached hydrogen (secondary N) is 1. The Labute approximate surface area is 87.6 Å². The van der Waals surface area contributed by atoms with E-state index in [0.717, 1.165) is 12.1 Å². The highest BCUT2D eigenvalue weighted by molar-refractivity contribution is 5.36. The van der Waals surface area contributed by atoms with Crippen LogP contribution in [0.4, 0.5) is 0 Å². The van der Waals surface area contributed by atoms with E-state index in [-0.39, 0.29) is 5.69 Å². The van der Waals surface area contributed by atoms with Gasteiger partial charge in [-0.25, -0.2) is 14.5 Å². The lowest BCUT2D eigenvalue weighted by Gasteiger charge is -2.04. The predicted octanol–water partition coefficient (Wildman–Crippen LogP) is 1.43. The number of aromatic nitrogens is 3. The molecule has 78 valence electrons. The molecule has 4 heteroatoms. The van der Waals surface area contributed by atoms with E-state index in [1.165, 1.54) is 5.56 Å². The van der Waals surface area contributed by atoms with Crippen LogP contribution in [-0.4, -0.2) is 14.8 Å². The quantitative estimate of drug-likeness (QED) is 0.802. The first-order chi connectivity index (χ1) is 7.22. The second-order valence-corrected chi connectivity index (χ2v) is 3.43. The number of H-pyrrole nitrogens is 1. The van der Waals surface area contributed by atoms with Gasteiger partial charge in [-0.05, 0) is 31.0 Å². The molecule has 15 heavy (non-hydrogen) atoms. The van der Waals surface area contributed by atoms with Gasteiger partial charge < -0.3 is 0 Å².